The number of benzene rings is 2. The van der Waals surface area contributed by atoms with Gasteiger partial charge in [-0.25, -0.2) is 13.2 Å². The molecule has 2 aromatic rings. The molecule has 0 N–H and O–H groups in total. The van der Waals surface area contributed by atoms with Gasteiger partial charge < -0.3 is 4.84 Å². The van der Waals surface area contributed by atoms with E-state index in [0.717, 1.165) is 6.26 Å². The maximum atomic E-state index is 12.5. The highest BCUT2D eigenvalue weighted by Gasteiger charge is 2.39. The van der Waals surface area contributed by atoms with Crippen molar-refractivity contribution in [3.05, 3.63) is 64.7 Å². The highest BCUT2D eigenvalue weighted by molar-refractivity contribution is 7.92. The predicted molar refractivity (Wildman–Crippen MR) is 99.3 cm³/mol. The number of hydrogen-bond acceptors (Lipinski definition) is 6. The number of fused-ring (bicyclic) bond motifs is 2. The molecular weight excluding hydrogens is 384 g/mol. The van der Waals surface area contributed by atoms with Crippen molar-refractivity contribution in [2.45, 2.75) is 19.4 Å². The largest absolute Gasteiger partial charge is 0.363 e. The van der Waals surface area contributed by atoms with Crippen molar-refractivity contribution >= 4 is 33.5 Å². The lowest BCUT2D eigenvalue weighted by molar-refractivity contribution is -0.0584. The highest BCUT2D eigenvalue weighted by Crippen LogP contribution is 2.35. The summed E-state index contributed by atoms with van der Waals surface area (Å²) < 4.78 is 25.3. The van der Waals surface area contributed by atoms with Crippen LogP contribution in [-0.2, 0) is 21.3 Å². The maximum absolute atomic E-state index is 12.5. The van der Waals surface area contributed by atoms with Gasteiger partial charge in [0.05, 0.1) is 28.6 Å². The van der Waals surface area contributed by atoms with Gasteiger partial charge in [0.15, 0.2) is 0 Å². The van der Waals surface area contributed by atoms with Gasteiger partial charge in [-0.3, -0.25) is 13.9 Å². The van der Waals surface area contributed by atoms with E-state index in [2.05, 4.69) is 0 Å². The van der Waals surface area contributed by atoms with Crippen molar-refractivity contribution in [2.24, 2.45) is 0 Å². The van der Waals surface area contributed by atoms with E-state index in [9.17, 15) is 22.8 Å². The van der Waals surface area contributed by atoms with Crippen molar-refractivity contribution < 1.29 is 27.6 Å². The number of rotatable bonds is 3. The lowest BCUT2D eigenvalue weighted by Crippen LogP contribution is -2.34. The summed E-state index contributed by atoms with van der Waals surface area (Å²) in [7, 11) is -3.44. The number of amides is 2. The molecule has 28 heavy (non-hydrogen) atoms. The maximum Gasteiger partial charge on any atom is 0.363 e. The van der Waals surface area contributed by atoms with Crippen LogP contribution in [-0.4, -0.2) is 43.6 Å². The lowest BCUT2D eigenvalue weighted by Gasteiger charge is -2.22. The summed E-state index contributed by atoms with van der Waals surface area (Å²) >= 11 is 0. The zero-order valence-electron chi connectivity index (χ0n) is 15.1. The molecule has 1 atom stereocenters. The van der Waals surface area contributed by atoms with Crippen LogP contribution in [0.2, 0.25) is 0 Å². The van der Waals surface area contributed by atoms with Crippen molar-refractivity contribution in [2.75, 3.05) is 10.6 Å². The fourth-order valence-corrected chi connectivity index (χ4v) is 4.88. The monoisotopic (exact) mass is 400 g/mol. The van der Waals surface area contributed by atoms with Gasteiger partial charge in [-0.2, -0.15) is 0 Å². The first kappa shape index (κ1) is 18.2. The van der Waals surface area contributed by atoms with Gasteiger partial charge in [-0.05, 0) is 49.2 Å². The first-order valence-corrected chi connectivity index (χ1v) is 10.4. The molecule has 2 amide bonds. The van der Waals surface area contributed by atoms with Crippen LogP contribution in [0, 0.1) is 0 Å². The molecule has 0 spiro atoms. The van der Waals surface area contributed by atoms with Crippen LogP contribution in [0.5, 0.6) is 0 Å². The third-order valence-electron chi connectivity index (χ3n) is 4.76. The number of imide groups is 1. The van der Waals surface area contributed by atoms with Crippen molar-refractivity contribution in [3.8, 4) is 0 Å². The number of nitrogens with zero attached hydrogens (tertiary/aromatic N) is 2. The Hall–Kier alpha value is -3.20. The molecule has 2 aromatic carbocycles. The molecule has 4 rings (SSSR count). The zero-order valence-corrected chi connectivity index (χ0v) is 15.9. The van der Waals surface area contributed by atoms with E-state index >= 15 is 0 Å². The molecule has 9 heteroatoms. The van der Waals surface area contributed by atoms with Crippen molar-refractivity contribution in [3.63, 3.8) is 0 Å². The Bertz CT molecular complexity index is 1110. The molecule has 0 radical (unpaired) electrons. The number of carbonyl (C=O) groups excluding carboxylic acids is 3. The van der Waals surface area contributed by atoms with Crippen LogP contribution in [0.15, 0.2) is 42.5 Å². The van der Waals surface area contributed by atoms with E-state index in [0.29, 0.717) is 22.7 Å². The highest BCUT2D eigenvalue weighted by atomic mass is 32.2. The Labute approximate surface area is 161 Å². The van der Waals surface area contributed by atoms with E-state index in [1.807, 2.05) is 0 Å². The molecule has 2 heterocycles. The predicted octanol–water partition coefficient (Wildman–Crippen LogP) is 1.77. The first-order valence-electron chi connectivity index (χ1n) is 8.51. The topological polar surface area (TPSA) is 101 Å². The minimum Gasteiger partial charge on any atom is -0.324 e. The summed E-state index contributed by atoms with van der Waals surface area (Å²) in [5.41, 5.74) is 1.65. The number of sulfonamides is 1. The molecule has 0 fully saturated rings. The Morgan fingerprint density at radius 1 is 1.07 bits per heavy atom. The molecular formula is C19H16N2O6S. The average Bonchev–Trinajstić information content (AvgIpc) is 3.10. The van der Waals surface area contributed by atoms with Gasteiger partial charge in [-0.15, -0.1) is 0 Å². The quantitative estimate of drug-likeness (QED) is 0.728. The molecule has 1 unspecified atom stereocenters. The van der Waals surface area contributed by atoms with Crippen LogP contribution >= 0.6 is 0 Å². The SMILES string of the molecule is CC1Cc2cc(C(=O)ON3C(=O)c4ccccc4C3=O)ccc2N1S(C)(=O)=O. The fourth-order valence-electron chi connectivity index (χ4n) is 3.62. The van der Waals surface area contributed by atoms with Gasteiger partial charge in [-0.1, -0.05) is 17.2 Å². The van der Waals surface area contributed by atoms with E-state index in [-0.39, 0.29) is 22.7 Å². The van der Waals surface area contributed by atoms with Gasteiger partial charge in [0.2, 0.25) is 10.0 Å². The van der Waals surface area contributed by atoms with Gasteiger partial charge >= 0.3 is 5.97 Å². The van der Waals surface area contributed by atoms with Gasteiger partial charge in [0.1, 0.15) is 0 Å². The molecule has 0 saturated carbocycles. The average molecular weight is 400 g/mol. The van der Waals surface area contributed by atoms with Crippen molar-refractivity contribution in [1.82, 2.24) is 5.06 Å². The summed E-state index contributed by atoms with van der Waals surface area (Å²) in [6.45, 7) is 1.78. The molecule has 144 valence electrons. The normalized spacial score (nSPS) is 18.3. The van der Waals surface area contributed by atoms with E-state index in [1.165, 1.54) is 34.6 Å². The van der Waals surface area contributed by atoms with E-state index < -0.39 is 27.8 Å². The second kappa shape index (κ2) is 6.16. The third kappa shape index (κ3) is 2.75. The Morgan fingerprint density at radius 2 is 1.68 bits per heavy atom. The summed E-state index contributed by atoms with van der Waals surface area (Å²) in [6, 6.07) is 10.4. The fraction of sp³-hybridized carbons (Fsp3) is 0.211. The number of hydrogen-bond donors (Lipinski definition) is 0. The van der Waals surface area contributed by atoms with Crippen LogP contribution in [0.3, 0.4) is 0 Å². The summed E-state index contributed by atoms with van der Waals surface area (Å²) in [6.07, 6.45) is 1.57. The minimum atomic E-state index is -3.44. The lowest BCUT2D eigenvalue weighted by atomic mass is 10.1. The first-order chi connectivity index (χ1) is 13.2. The summed E-state index contributed by atoms with van der Waals surface area (Å²) in [4.78, 5) is 42.2. The Balaban J connectivity index is 1.59. The smallest absolute Gasteiger partial charge is 0.324 e. The molecule has 0 bridgehead atoms. The van der Waals surface area contributed by atoms with Crippen LogP contribution < -0.4 is 4.31 Å². The number of anilines is 1. The minimum absolute atomic E-state index is 0.123. The van der Waals surface area contributed by atoms with Crippen LogP contribution in [0.25, 0.3) is 0 Å². The van der Waals surface area contributed by atoms with Crippen molar-refractivity contribution in [1.29, 1.82) is 0 Å². The molecule has 0 aromatic heterocycles. The second-order valence-corrected chi connectivity index (χ2v) is 8.64. The molecule has 8 nitrogen and oxygen atoms in total. The zero-order chi connectivity index (χ0) is 20.2. The van der Waals surface area contributed by atoms with E-state index in [1.54, 1.807) is 19.1 Å². The summed E-state index contributed by atoms with van der Waals surface area (Å²) in [5.74, 6) is -2.28. The molecule has 0 aliphatic carbocycles. The molecule has 2 aliphatic rings. The van der Waals surface area contributed by atoms with Crippen LogP contribution in [0.1, 0.15) is 43.6 Å². The number of carbonyl (C=O) groups is 3. The Morgan fingerprint density at radius 3 is 2.25 bits per heavy atom. The second-order valence-electron chi connectivity index (χ2n) is 6.78. The Kier molecular flexibility index (Phi) is 4.00. The summed E-state index contributed by atoms with van der Waals surface area (Å²) in [5, 5.41) is 0.450. The number of hydroxylamine groups is 2. The van der Waals surface area contributed by atoms with Crippen LogP contribution in [0.4, 0.5) is 5.69 Å². The van der Waals surface area contributed by atoms with Gasteiger partial charge in [0.25, 0.3) is 11.8 Å². The molecule has 0 saturated heterocycles. The molecule has 2 aliphatic heterocycles. The third-order valence-corrected chi connectivity index (χ3v) is 6.03. The van der Waals surface area contributed by atoms with E-state index in [4.69, 9.17) is 4.84 Å². The standard InChI is InChI=1S/C19H16N2O6S/c1-11-9-13-10-12(7-8-16(13)21(11)28(2,25)26)19(24)27-20-17(22)14-5-3-4-6-15(14)18(20)23/h3-8,10-11H,9H2,1-2H3. The van der Waals surface area contributed by atoms with Gasteiger partial charge in [0, 0.05) is 6.04 Å².